The summed E-state index contributed by atoms with van der Waals surface area (Å²) in [5.41, 5.74) is 5.18. The number of allylic oxidation sites excluding steroid dienone is 11. The maximum absolute atomic E-state index is 12.1. The van der Waals surface area contributed by atoms with Crippen LogP contribution in [0.25, 0.3) is 0 Å². The number of carbonyl (C=O) groups excluding carboxylic acids is 2. The van der Waals surface area contributed by atoms with Gasteiger partial charge in [0.15, 0.2) is 11.6 Å². The van der Waals surface area contributed by atoms with Gasteiger partial charge in [0.2, 0.25) is 0 Å². The largest absolute Gasteiger partial charge is 0.478 e. The molecular formula is C27H36O4. The third kappa shape index (κ3) is 10.7. The zero-order valence-corrected chi connectivity index (χ0v) is 19.6. The molecule has 0 spiro atoms. The van der Waals surface area contributed by atoms with Crippen molar-refractivity contribution >= 4 is 17.5 Å². The monoisotopic (exact) mass is 424 g/mol. The van der Waals surface area contributed by atoms with Crippen molar-refractivity contribution < 1.29 is 19.5 Å². The fourth-order valence-electron chi connectivity index (χ4n) is 3.28. The summed E-state index contributed by atoms with van der Waals surface area (Å²) < 4.78 is 0. The van der Waals surface area contributed by atoms with E-state index in [0.29, 0.717) is 29.6 Å². The Balaban J connectivity index is 2.47. The molecule has 0 saturated heterocycles. The Morgan fingerprint density at radius 1 is 0.839 bits per heavy atom. The van der Waals surface area contributed by atoms with Crippen LogP contribution < -0.4 is 0 Å². The summed E-state index contributed by atoms with van der Waals surface area (Å²) in [5.74, 6) is -0.994. The van der Waals surface area contributed by atoms with Crippen LogP contribution in [0.3, 0.4) is 0 Å². The van der Waals surface area contributed by atoms with Crippen molar-refractivity contribution in [3.8, 4) is 0 Å². The number of carboxylic acid groups (broad SMARTS) is 1. The fraction of sp³-hybridized carbons (Fsp3) is 0.444. The number of Topliss-reactive ketones (excluding diaryl/α,β-unsaturated/α-hetero) is 1. The van der Waals surface area contributed by atoms with Crippen LogP contribution in [0.15, 0.2) is 69.9 Å². The average Bonchev–Trinajstić information content (AvgIpc) is 2.68. The van der Waals surface area contributed by atoms with Gasteiger partial charge in [-0.15, -0.1) is 0 Å². The lowest BCUT2D eigenvalue weighted by Crippen LogP contribution is -2.12. The minimum absolute atomic E-state index is 0.0472. The van der Waals surface area contributed by atoms with Crippen LogP contribution in [0.4, 0.5) is 0 Å². The van der Waals surface area contributed by atoms with Gasteiger partial charge in [0.1, 0.15) is 0 Å². The Morgan fingerprint density at radius 3 is 2.03 bits per heavy atom. The molecule has 4 heteroatoms. The summed E-state index contributed by atoms with van der Waals surface area (Å²) >= 11 is 0. The Labute approximate surface area is 186 Å². The summed E-state index contributed by atoms with van der Waals surface area (Å²) in [6.45, 7) is 9.82. The number of rotatable bonds is 12. The van der Waals surface area contributed by atoms with Gasteiger partial charge in [-0.1, -0.05) is 41.0 Å². The second-order valence-corrected chi connectivity index (χ2v) is 8.47. The van der Waals surface area contributed by atoms with Crippen LogP contribution >= 0.6 is 0 Å². The van der Waals surface area contributed by atoms with Gasteiger partial charge in [0.25, 0.3) is 0 Å². The van der Waals surface area contributed by atoms with Crippen molar-refractivity contribution in [2.45, 2.75) is 79.6 Å². The van der Waals surface area contributed by atoms with Gasteiger partial charge in [0.05, 0.1) is 0 Å². The molecule has 0 radical (unpaired) electrons. The summed E-state index contributed by atoms with van der Waals surface area (Å²) in [5, 5.41) is 9.34. The molecule has 0 fully saturated rings. The summed E-state index contributed by atoms with van der Waals surface area (Å²) in [6.07, 6.45) is 16.1. The summed E-state index contributed by atoms with van der Waals surface area (Å²) in [4.78, 5) is 35.1. The van der Waals surface area contributed by atoms with E-state index in [1.54, 1.807) is 6.92 Å². The molecule has 1 aliphatic carbocycles. The zero-order chi connectivity index (χ0) is 23.4. The Morgan fingerprint density at radius 2 is 1.42 bits per heavy atom. The first-order valence-electron chi connectivity index (χ1n) is 10.9. The summed E-state index contributed by atoms with van der Waals surface area (Å²) in [7, 11) is 0. The van der Waals surface area contributed by atoms with Crippen molar-refractivity contribution in [3.05, 3.63) is 69.9 Å². The SMILES string of the molecule is CC(C)=CCC/C(=C\CC/C(C)=C/CC/C(C)=C/CC1=CC(=O)C=C(C)C1=O)C(=O)O. The molecule has 0 heterocycles. The molecule has 0 aromatic carbocycles. The standard InChI is InChI=1S/C27H36O4/c1-19(2)9-6-13-23(27(30)31)14-8-12-20(3)10-7-11-21(4)15-16-24-18-25(28)17-22(5)26(24)29/h9-10,14-15,17-18H,6-8,11-13,16H2,1-5H3,(H,30,31)/b20-10+,21-15+,23-14+. The van der Waals surface area contributed by atoms with Crippen LogP contribution in [0.5, 0.6) is 0 Å². The highest BCUT2D eigenvalue weighted by Gasteiger charge is 2.17. The van der Waals surface area contributed by atoms with Crippen molar-refractivity contribution in [2.24, 2.45) is 0 Å². The number of ketones is 2. The van der Waals surface area contributed by atoms with Crippen molar-refractivity contribution in [1.29, 1.82) is 0 Å². The maximum atomic E-state index is 12.1. The van der Waals surface area contributed by atoms with Crippen molar-refractivity contribution in [1.82, 2.24) is 0 Å². The van der Waals surface area contributed by atoms with E-state index in [1.165, 1.54) is 28.9 Å². The highest BCUT2D eigenvalue weighted by molar-refractivity contribution is 6.20. The Hall–Kier alpha value is -2.75. The van der Waals surface area contributed by atoms with Gasteiger partial charge in [-0.3, -0.25) is 9.59 Å². The predicted molar refractivity (Wildman–Crippen MR) is 127 cm³/mol. The smallest absolute Gasteiger partial charge is 0.331 e. The van der Waals surface area contributed by atoms with Gasteiger partial charge in [0, 0.05) is 16.7 Å². The number of hydrogen-bond acceptors (Lipinski definition) is 3. The minimum Gasteiger partial charge on any atom is -0.478 e. The highest BCUT2D eigenvalue weighted by Crippen LogP contribution is 2.18. The lowest BCUT2D eigenvalue weighted by Gasteiger charge is -2.09. The van der Waals surface area contributed by atoms with Gasteiger partial charge in [-0.2, -0.15) is 0 Å². The highest BCUT2D eigenvalue weighted by atomic mass is 16.4. The molecule has 0 aromatic heterocycles. The fourth-order valence-corrected chi connectivity index (χ4v) is 3.28. The van der Waals surface area contributed by atoms with E-state index in [1.807, 2.05) is 32.9 Å². The average molecular weight is 425 g/mol. The second kappa shape index (κ2) is 13.5. The third-order valence-electron chi connectivity index (χ3n) is 5.20. The van der Waals surface area contributed by atoms with Crippen LogP contribution in [-0.2, 0) is 14.4 Å². The van der Waals surface area contributed by atoms with E-state index in [2.05, 4.69) is 19.1 Å². The van der Waals surface area contributed by atoms with Crippen molar-refractivity contribution in [2.75, 3.05) is 0 Å². The molecule has 0 amide bonds. The molecule has 1 rings (SSSR count). The molecule has 4 nitrogen and oxygen atoms in total. The number of carbonyl (C=O) groups is 3. The summed E-state index contributed by atoms with van der Waals surface area (Å²) in [6, 6.07) is 0. The van der Waals surface area contributed by atoms with Crippen molar-refractivity contribution in [3.63, 3.8) is 0 Å². The van der Waals surface area contributed by atoms with Gasteiger partial charge < -0.3 is 5.11 Å². The van der Waals surface area contributed by atoms with Gasteiger partial charge in [-0.05, 0) is 91.7 Å². The van der Waals surface area contributed by atoms with E-state index in [0.717, 1.165) is 32.1 Å². The molecule has 168 valence electrons. The molecule has 1 aliphatic rings. The quantitative estimate of drug-likeness (QED) is 0.217. The van der Waals surface area contributed by atoms with Crippen LogP contribution in [0.1, 0.15) is 79.6 Å². The lowest BCUT2D eigenvalue weighted by molar-refractivity contribution is -0.132. The first-order valence-corrected chi connectivity index (χ1v) is 10.9. The third-order valence-corrected chi connectivity index (χ3v) is 5.20. The number of hydrogen-bond donors (Lipinski definition) is 1. The molecule has 0 aliphatic heterocycles. The first-order chi connectivity index (χ1) is 14.6. The van der Waals surface area contributed by atoms with Gasteiger partial charge in [-0.25, -0.2) is 4.79 Å². The molecule has 0 aromatic rings. The van der Waals surface area contributed by atoms with Crippen LogP contribution in [0.2, 0.25) is 0 Å². The predicted octanol–water partition coefficient (Wildman–Crippen LogP) is 6.61. The Bertz CT molecular complexity index is 869. The number of carboxylic acids is 1. The molecular weight excluding hydrogens is 388 g/mol. The van der Waals surface area contributed by atoms with Gasteiger partial charge >= 0.3 is 5.97 Å². The van der Waals surface area contributed by atoms with E-state index in [4.69, 9.17) is 0 Å². The zero-order valence-electron chi connectivity index (χ0n) is 19.6. The van der Waals surface area contributed by atoms with E-state index < -0.39 is 5.97 Å². The minimum atomic E-state index is -0.830. The molecule has 0 bridgehead atoms. The molecule has 0 saturated carbocycles. The number of aliphatic carboxylic acids is 1. The molecule has 0 unspecified atom stereocenters. The molecule has 0 atom stereocenters. The lowest BCUT2D eigenvalue weighted by atomic mass is 9.94. The van der Waals surface area contributed by atoms with Crippen LogP contribution in [-0.4, -0.2) is 22.6 Å². The second-order valence-electron chi connectivity index (χ2n) is 8.47. The van der Waals surface area contributed by atoms with Crippen LogP contribution in [0, 0.1) is 0 Å². The molecule has 31 heavy (non-hydrogen) atoms. The van der Waals surface area contributed by atoms with E-state index >= 15 is 0 Å². The normalized spacial score (nSPS) is 15.6. The topological polar surface area (TPSA) is 71.4 Å². The molecule has 1 N–H and O–H groups in total. The van der Waals surface area contributed by atoms with E-state index in [9.17, 15) is 19.5 Å². The maximum Gasteiger partial charge on any atom is 0.331 e. The first kappa shape index (κ1) is 26.3. The van der Waals surface area contributed by atoms with E-state index in [-0.39, 0.29) is 11.6 Å². The Kier molecular flexibility index (Phi) is 11.5.